The number of benzene rings is 3. The molecule has 0 N–H and O–H groups in total. The van der Waals surface area contributed by atoms with Crippen LogP contribution in [-0.4, -0.2) is 40.7 Å². The number of thioether (sulfide) groups is 1. The number of imide groups is 1. The summed E-state index contributed by atoms with van der Waals surface area (Å²) >= 11 is 0.868. The zero-order valence-electron chi connectivity index (χ0n) is 20.9. The van der Waals surface area contributed by atoms with Crippen LogP contribution < -0.4 is 14.2 Å². The molecule has 1 saturated heterocycles. The van der Waals surface area contributed by atoms with Gasteiger partial charge in [-0.25, -0.2) is 0 Å². The highest BCUT2D eigenvalue weighted by atomic mass is 32.2. The number of aryl methyl sites for hydroxylation is 1. The summed E-state index contributed by atoms with van der Waals surface area (Å²) in [5.74, 6) is 1.12. The maximum Gasteiger partial charge on any atom is 0.293 e. The molecule has 10 heteroatoms. The fourth-order valence-corrected chi connectivity index (χ4v) is 4.64. The first kappa shape index (κ1) is 26.7. The van der Waals surface area contributed by atoms with Crippen molar-refractivity contribution in [3.63, 3.8) is 0 Å². The molecule has 196 valence electrons. The smallest absolute Gasteiger partial charge is 0.293 e. The lowest BCUT2D eigenvalue weighted by Gasteiger charge is -2.14. The third-order valence-corrected chi connectivity index (χ3v) is 6.49. The van der Waals surface area contributed by atoms with Crippen molar-refractivity contribution in [2.75, 3.05) is 19.8 Å². The first-order valence-corrected chi connectivity index (χ1v) is 12.7. The van der Waals surface area contributed by atoms with Gasteiger partial charge in [0.1, 0.15) is 19.0 Å². The van der Waals surface area contributed by atoms with Gasteiger partial charge in [-0.15, -0.1) is 0 Å². The Balaban J connectivity index is 1.44. The van der Waals surface area contributed by atoms with Gasteiger partial charge in [-0.3, -0.25) is 24.6 Å². The quantitative estimate of drug-likeness (QED) is 0.168. The van der Waals surface area contributed by atoms with Crippen molar-refractivity contribution in [1.82, 2.24) is 4.90 Å². The maximum atomic E-state index is 12.9. The van der Waals surface area contributed by atoms with Crippen molar-refractivity contribution in [2.24, 2.45) is 0 Å². The molecule has 0 atom stereocenters. The van der Waals surface area contributed by atoms with E-state index in [9.17, 15) is 19.7 Å². The maximum absolute atomic E-state index is 12.9. The van der Waals surface area contributed by atoms with Gasteiger partial charge >= 0.3 is 0 Å². The minimum atomic E-state index is -0.451. The molecular formula is C28H26N2O7S. The van der Waals surface area contributed by atoms with Crippen molar-refractivity contribution in [2.45, 2.75) is 20.5 Å². The number of hydrogen-bond donors (Lipinski definition) is 0. The molecule has 0 aromatic heterocycles. The van der Waals surface area contributed by atoms with Crippen LogP contribution in [0.3, 0.4) is 0 Å². The van der Waals surface area contributed by atoms with E-state index in [1.165, 1.54) is 11.0 Å². The summed E-state index contributed by atoms with van der Waals surface area (Å²) in [6.07, 6.45) is 1.63. The van der Waals surface area contributed by atoms with Gasteiger partial charge in [0.05, 0.1) is 28.5 Å². The molecule has 1 aliphatic heterocycles. The van der Waals surface area contributed by atoms with Crippen LogP contribution in [0.15, 0.2) is 71.6 Å². The molecule has 1 aliphatic rings. The molecule has 3 aromatic rings. The van der Waals surface area contributed by atoms with Gasteiger partial charge in [-0.2, -0.15) is 0 Å². The van der Waals surface area contributed by atoms with Crippen LogP contribution in [0.4, 0.5) is 10.5 Å². The van der Waals surface area contributed by atoms with Crippen LogP contribution in [-0.2, 0) is 11.4 Å². The van der Waals surface area contributed by atoms with Crippen LogP contribution in [0.1, 0.15) is 23.6 Å². The summed E-state index contributed by atoms with van der Waals surface area (Å²) in [6.45, 7) is 4.46. The highest BCUT2D eigenvalue weighted by Gasteiger charge is 2.34. The first-order valence-electron chi connectivity index (χ1n) is 11.9. The van der Waals surface area contributed by atoms with Gasteiger partial charge in [-0.1, -0.05) is 30.3 Å². The second kappa shape index (κ2) is 12.3. The Hall–Kier alpha value is -4.31. The number of nitro groups is 1. The van der Waals surface area contributed by atoms with Crippen LogP contribution >= 0.6 is 11.8 Å². The van der Waals surface area contributed by atoms with E-state index in [2.05, 4.69) is 0 Å². The Labute approximate surface area is 224 Å². The summed E-state index contributed by atoms with van der Waals surface area (Å²) in [4.78, 5) is 37.7. The van der Waals surface area contributed by atoms with Crippen LogP contribution in [0.25, 0.3) is 6.08 Å². The number of rotatable bonds is 11. The zero-order valence-corrected chi connectivity index (χ0v) is 21.7. The van der Waals surface area contributed by atoms with Crippen molar-refractivity contribution in [3.05, 3.63) is 98.4 Å². The lowest BCUT2D eigenvalue weighted by molar-refractivity contribution is -0.385. The Morgan fingerprint density at radius 3 is 2.55 bits per heavy atom. The number of hydrogen-bond acceptors (Lipinski definition) is 8. The number of amides is 2. The number of nitrogens with zero attached hydrogens (tertiary/aromatic N) is 2. The second-order valence-electron chi connectivity index (χ2n) is 8.31. The van der Waals surface area contributed by atoms with Crippen LogP contribution in [0.5, 0.6) is 17.2 Å². The summed E-state index contributed by atoms with van der Waals surface area (Å²) in [6, 6.07) is 19.0. The molecule has 2 amide bonds. The highest BCUT2D eigenvalue weighted by molar-refractivity contribution is 8.18. The fourth-order valence-electron chi connectivity index (χ4n) is 3.77. The molecule has 0 bridgehead atoms. The molecule has 0 saturated carbocycles. The largest absolute Gasteiger partial charge is 0.492 e. The standard InChI is InChI=1S/C28H26N2O7S/c1-3-35-25-16-20(11-12-24(25)37-18-21-8-4-5-10-23(21)30(33)34)17-26-27(31)29(28(32)38-26)13-14-36-22-9-6-7-19(2)15-22/h4-12,15-17H,3,13-14,18H2,1-2H3/b26-17-. The monoisotopic (exact) mass is 534 g/mol. The van der Waals surface area contributed by atoms with Gasteiger partial charge in [0, 0.05) is 6.07 Å². The SMILES string of the molecule is CCOc1cc(/C=C2\SC(=O)N(CCOc3cccc(C)c3)C2=O)ccc1OCc1ccccc1[N+](=O)[O-]. The lowest BCUT2D eigenvalue weighted by atomic mass is 10.1. The molecule has 1 fully saturated rings. The fraction of sp³-hybridized carbons (Fsp3) is 0.214. The van der Waals surface area contributed by atoms with Crippen LogP contribution in [0, 0.1) is 17.0 Å². The summed E-state index contributed by atoms with van der Waals surface area (Å²) in [5.41, 5.74) is 2.11. The Morgan fingerprint density at radius 2 is 1.79 bits per heavy atom. The van der Waals surface area contributed by atoms with Crippen molar-refractivity contribution >= 4 is 34.7 Å². The molecule has 3 aromatic carbocycles. The number of carbonyl (C=O) groups is 2. The van der Waals surface area contributed by atoms with E-state index in [0.29, 0.717) is 39.9 Å². The average Bonchev–Trinajstić information content (AvgIpc) is 3.16. The van der Waals surface area contributed by atoms with Gasteiger partial charge < -0.3 is 14.2 Å². The van der Waals surface area contributed by atoms with Crippen molar-refractivity contribution < 1.29 is 28.7 Å². The summed E-state index contributed by atoms with van der Waals surface area (Å²) in [7, 11) is 0. The van der Waals surface area contributed by atoms with E-state index < -0.39 is 4.92 Å². The zero-order chi connectivity index (χ0) is 27.1. The van der Waals surface area contributed by atoms with Gasteiger partial charge in [0.2, 0.25) is 0 Å². The van der Waals surface area contributed by atoms with E-state index in [-0.39, 0.29) is 36.6 Å². The molecule has 38 heavy (non-hydrogen) atoms. The number of carbonyl (C=O) groups excluding carboxylic acids is 2. The van der Waals surface area contributed by atoms with Gasteiger partial charge in [0.15, 0.2) is 11.5 Å². The predicted molar refractivity (Wildman–Crippen MR) is 144 cm³/mol. The normalized spacial score (nSPS) is 14.2. The molecule has 0 unspecified atom stereocenters. The Kier molecular flexibility index (Phi) is 8.65. The number of ether oxygens (including phenoxy) is 3. The average molecular weight is 535 g/mol. The van der Waals surface area contributed by atoms with E-state index in [1.807, 2.05) is 38.1 Å². The minimum absolute atomic E-state index is 0.0138. The molecule has 0 aliphatic carbocycles. The third kappa shape index (κ3) is 6.51. The van der Waals surface area contributed by atoms with Crippen LogP contribution in [0.2, 0.25) is 0 Å². The Morgan fingerprint density at radius 1 is 0.974 bits per heavy atom. The number of nitro benzene ring substituents is 1. The topological polar surface area (TPSA) is 108 Å². The first-order chi connectivity index (χ1) is 18.4. The second-order valence-corrected chi connectivity index (χ2v) is 9.31. The van der Waals surface area contributed by atoms with Crippen molar-refractivity contribution in [3.8, 4) is 17.2 Å². The predicted octanol–water partition coefficient (Wildman–Crippen LogP) is 6.00. The molecule has 1 heterocycles. The molecule has 9 nitrogen and oxygen atoms in total. The van der Waals surface area contributed by atoms with Crippen molar-refractivity contribution in [1.29, 1.82) is 0 Å². The molecule has 0 spiro atoms. The molecular weight excluding hydrogens is 508 g/mol. The lowest BCUT2D eigenvalue weighted by Crippen LogP contribution is -2.32. The van der Waals surface area contributed by atoms with Gasteiger partial charge in [-0.05, 0) is 73.1 Å². The van der Waals surface area contributed by atoms with E-state index in [0.717, 1.165) is 17.3 Å². The third-order valence-electron chi connectivity index (χ3n) is 5.58. The molecule has 0 radical (unpaired) electrons. The van der Waals surface area contributed by atoms with E-state index in [1.54, 1.807) is 42.5 Å². The number of para-hydroxylation sites is 1. The minimum Gasteiger partial charge on any atom is -0.492 e. The molecule has 4 rings (SSSR count). The van der Waals surface area contributed by atoms with Gasteiger partial charge in [0.25, 0.3) is 16.8 Å². The van der Waals surface area contributed by atoms with E-state index in [4.69, 9.17) is 14.2 Å². The summed E-state index contributed by atoms with van der Waals surface area (Å²) < 4.78 is 17.2. The highest BCUT2D eigenvalue weighted by Crippen LogP contribution is 2.35. The Bertz CT molecular complexity index is 1390. The van der Waals surface area contributed by atoms with E-state index >= 15 is 0 Å². The summed E-state index contributed by atoms with van der Waals surface area (Å²) in [5, 5.41) is 10.9.